The van der Waals surface area contributed by atoms with Gasteiger partial charge in [0, 0.05) is 32.4 Å². The van der Waals surface area contributed by atoms with Crippen LogP contribution in [0.15, 0.2) is 24.4 Å². The van der Waals surface area contributed by atoms with E-state index in [1.807, 2.05) is 50.3 Å². The Morgan fingerprint density at radius 2 is 1.87 bits per heavy atom. The molecule has 0 saturated heterocycles. The molecule has 2 aromatic rings. The number of benzene rings is 1. The molecule has 6 nitrogen and oxygen atoms in total. The molecule has 23 heavy (non-hydrogen) atoms. The van der Waals surface area contributed by atoms with E-state index in [4.69, 9.17) is 9.47 Å². The summed E-state index contributed by atoms with van der Waals surface area (Å²) in [5.74, 6) is 3.04. The molecule has 1 aromatic heterocycles. The Labute approximate surface area is 137 Å². The normalized spacial score (nSPS) is 10.3. The fourth-order valence-electron chi connectivity index (χ4n) is 2.33. The van der Waals surface area contributed by atoms with Crippen molar-refractivity contribution in [2.75, 3.05) is 45.1 Å². The highest BCUT2D eigenvalue weighted by Gasteiger charge is 2.07. The lowest BCUT2D eigenvalue weighted by atomic mass is 10.1. The van der Waals surface area contributed by atoms with Gasteiger partial charge in [-0.05, 0) is 31.0 Å². The summed E-state index contributed by atoms with van der Waals surface area (Å²) in [6.07, 6.45) is 2.68. The van der Waals surface area contributed by atoms with Gasteiger partial charge in [-0.15, -0.1) is 0 Å². The Morgan fingerprint density at radius 3 is 2.52 bits per heavy atom. The highest BCUT2D eigenvalue weighted by molar-refractivity contribution is 5.48. The van der Waals surface area contributed by atoms with Crippen molar-refractivity contribution in [3.05, 3.63) is 35.5 Å². The molecule has 0 aliphatic carbocycles. The van der Waals surface area contributed by atoms with Crippen LogP contribution in [0.3, 0.4) is 0 Å². The smallest absolute Gasteiger partial charge is 0.224 e. The lowest BCUT2D eigenvalue weighted by Gasteiger charge is -2.15. The molecule has 1 aromatic carbocycles. The van der Waals surface area contributed by atoms with E-state index < -0.39 is 0 Å². The first-order valence-corrected chi connectivity index (χ1v) is 7.51. The standard InChI is InChI=1S/C17H24N4O2/c1-12-11-19-17(20-16(12)21(2)3)18-9-8-13-6-7-14(22-4)15(10-13)23-5/h6-7,10-11H,8-9H2,1-5H3,(H,18,19,20). The monoisotopic (exact) mass is 316 g/mol. The van der Waals surface area contributed by atoms with Gasteiger partial charge in [0.1, 0.15) is 5.82 Å². The fourth-order valence-corrected chi connectivity index (χ4v) is 2.33. The zero-order valence-electron chi connectivity index (χ0n) is 14.4. The number of aromatic nitrogens is 2. The Kier molecular flexibility index (Phi) is 5.62. The van der Waals surface area contributed by atoms with E-state index in [1.165, 1.54) is 0 Å². The van der Waals surface area contributed by atoms with Crippen molar-refractivity contribution in [1.82, 2.24) is 9.97 Å². The first-order valence-electron chi connectivity index (χ1n) is 7.51. The first-order chi connectivity index (χ1) is 11.0. The summed E-state index contributed by atoms with van der Waals surface area (Å²) < 4.78 is 10.6. The van der Waals surface area contributed by atoms with E-state index in [0.29, 0.717) is 5.95 Å². The number of nitrogens with one attached hydrogen (secondary N) is 1. The van der Waals surface area contributed by atoms with Crippen molar-refractivity contribution in [1.29, 1.82) is 0 Å². The van der Waals surface area contributed by atoms with Crippen molar-refractivity contribution < 1.29 is 9.47 Å². The molecule has 0 aliphatic heterocycles. The first kappa shape index (κ1) is 16.9. The minimum Gasteiger partial charge on any atom is -0.493 e. The predicted octanol–water partition coefficient (Wildman–Crippen LogP) is 2.52. The number of methoxy groups -OCH3 is 2. The number of hydrogen-bond acceptors (Lipinski definition) is 6. The van der Waals surface area contributed by atoms with Gasteiger partial charge in [-0.25, -0.2) is 4.98 Å². The van der Waals surface area contributed by atoms with Crippen LogP contribution in [-0.4, -0.2) is 44.8 Å². The van der Waals surface area contributed by atoms with Crippen LogP contribution in [0.1, 0.15) is 11.1 Å². The minimum absolute atomic E-state index is 0.639. The molecule has 0 fully saturated rings. The van der Waals surface area contributed by atoms with Gasteiger partial charge >= 0.3 is 0 Å². The van der Waals surface area contributed by atoms with Crippen molar-refractivity contribution >= 4 is 11.8 Å². The zero-order valence-corrected chi connectivity index (χ0v) is 14.4. The molecule has 0 bridgehead atoms. The lowest BCUT2D eigenvalue weighted by molar-refractivity contribution is 0.354. The Balaban J connectivity index is 1.98. The summed E-state index contributed by atoms with van der Waals surface area (Å²) in [6.45, 7) is 2.74. The van der Waals surface area contributed by atoms with Crippen LogP contribution < -0.4 is 19.7 Å². The number of aryl methyl sites for hydroxylation is 1. The number of nitrogens with zero attached hydrogens (tertiary/aromatic N) is 3. The molecule has 0 spiro atoms. The van der Waals surface area contributed by atoms with Gasteiger partial charge in [0.15, 0.2) is 11.5 Å². The van der Waals surface area contributed by atoms with Crippen LogP contribution in [-0.2, 0) is 6.42 Å². The molecular formula is C17H24N4O2. The van der Waals surface area contributed by atoms with Gasteiger partial charge in [0.25, 0.3) is 0 Å². The average molecular weight is 316 g/mol. The van der Waals surface area contributed by atoms with Gasteiger partial charge in [0.05, 0.1) is 14.2 Å². The van der Waals surface area contributed by atoms with Gasteiger partial charge in [-0.3, -0.25) is 0 Å². The molecule has 0 radical (unpaired) electrons. The van der Waals surface area contributed by atoms with Crippen LogP contribution in [0.25, 0.3) is 0 Å². The van der Waals surface area contributed by atoms with E-state index in [-0.39, 0.29) is 0 Å². The second kappa shape index (κ2) is 7.67. The Morgan fingerprint density at radius 1 is 1.13 bits per heavy atom. The van der Waals surface area contributed by atoms with E-state index in [1.54, 1.807) is 14.2 Å². The van der Waals surface area contributed by atoms with Crippen molar-refractivity contribution in [3.63, 3.8) is 0 Å². The summed E-state index contributed by atoms with van der Waals surface area (Å²) in [5.41, 5.74) is 2.22. The molecule has 0 unspecified atom stereocenters. The van der Waals surface area contributed by atoms with Gasteiger partial charge in [-0.1, -0.05) is 6.07 Å². The SMILES string of the molecule is COc1ccc(CCNc2ncc(C)c(N(C)C)n2)cc1OC. The Bertz CT molecular complexity index is 659. The molecule has 124 valence electrons. The van der Waals surface area contributed by atoms with Crippen LogP contribution >= 0.6 is 0 Å². The second-order valence-corrected chi connectivity index (χ2v) is 5.46. The second-order valence-electron chi connectivity index (χ2n) is 5.46. The van der Waals surface area contributed by atoms with E-state index in [2.05, 4.69) is 15.3 Å². The molecule has 1 heterocycles. The molecule has 0 saturated carbocycles. The molecule has 6 heteroatoms. The molecule has 1 N–H and O–H groups in total. The lowest BCUT2D eigenvalue weighted by Crippen LogP contribution is -2.15. The molecular weight excluding hydrogens is 292 g/mol. The molecule has 0 atom stereocenters. The van der Waals surface area contributed by atoms with Gasteiger partial charge < -0.3 is 19.7 Å². The molecule has 0 aliphatic rings. The number of hydrogen-bond donors (Lipinski definition) is 1. The third-order valence-electron chi connectivity index (χ3n) is 3.51. The van der Waals surface area contributed by atoms with E-state index >= 15 is 0 Å². The van der Waals surface area contributed by atoms with Crippen LogP contribution in [0, 0.1) is 6.92 Å². The van der Waals surface area contributed by atoms with Crippen LogP contribution in [0.4, 0.5) is 11.8 Å². The summed E-state index contributed by atoms with van der Waals surface area (Å²) in [4.78, 5) is 10.8. The number of anilines is 2. The van der Waals surface area contributed by atoms with E-state index in [9.17, 15) is 0 Å². The minimum atomic E-state index is 0.639. The number of ether oxygens (including phenoxy) is 2. The predicted molar refractivity (Wildman–Crippen MR) is 92.8 cm³/mol. The van der Waals surface area contributed by atoms with E-state index in [0.717, 1.165) is 41.4 Å². The topological polar surface area (TPSA) is 59.5 Å². The third kappa shape index (κ3) is 4.25. The van der Waals surface area contributed by atoms with Gasteiger partial charge in [-0.2, -0.15) is 4.98 Å². The summed E-state index contributed by atoms with van der Waals surface area (Å²) in [7, 11) is 7.23. The highest BCUT2D eigenvalue weighted by Crippen LogP contribution is 2.27. The average Bonchev–Trinajstić information content (AvgIpc) is 2.55. The van der Waals surface area contributed by atoms with Crippen LogP contribution in [0.2, 0.25) is 0 Å². The van der Waals surface area contributed by atoms with Gasteiger partial charge in [0.2, 0.25) is 5.95 Å². The van der Waals surface area contributed by atoms with Crippen molar-refractivity contribution in [3.8, 4) is 11.5 Å². The van der Waals surface area contributed by atoms with Crippen molar-refractivity contribution in [2.45, 2.75) is 13.3 Å². The third-order valence-corrected chi connectivity index (χ3v) is 3.51. The maximum absolute atomic E-state index is 5.32. The molecule has 0 amide bonds. The molecule has 2 rings (SSSR count). The quantitative estimate of drug-likeness (QED) is 0.847. The maximum atomic E-state index is 5.32. The maximum Gasteiger partial charge on any atom is 0.224 e. The summed E-state index contributed by atoms with van der Waals surface area (Å²) in [6, 6.07) is 5.94. The fraction of sp³-hybridized carbons (Fsp3) is 0.412. The number of rotatable bonds is 7. The zero-order chi connectivity index (χ0) is 16.8. The Hall–Kier alpha value is -2.50. The van der Waals surface area contributed by atoms with Crippen molar-refractivity contribution in [2.24, 2.45) is 0 Å². The largest absolute Gasteiger partial charge is 0.493 e. The summed E-state index contributed by atoms with van der Waals surface area (Å²) >= 11 is 0. The summed E-state index contributed by atoms with van der Waals surface area (Å²) in [5, 5.41) is 3.26. The highest BCUT2D eigenvalue weighted by atomic mass is 16.5. The van der Waals surface area contributed by atoms with Crippen LogP contribution in [0.5, 0.6) is 11.5 Å².